The Bertz CT molecular complexity index is 368. The molecule has 2 fully saturated rings. The molecule has 2 aliphatic rings. The van der Waals surface area contributed by atoms with Crippen LogP contribution in [0.3, 0.4) is 0 Å². The fourth-order valence-corrected chi connectivity index (χ4v) is 2.90. The number of nitrogens with two attached hydrogens (primary N) is 1. The zero-order valence-electron chi connectivity index (χ0n) is 9.43. The predicted octanol–water partition coefficient (Wildman–Crippen LogP) is 1.93. The summed E-state index contributed by atoms with van der Waals surface area (Å²) in [5.41, 5.74) is 5.51. The Morgan fingerprint density at radius 3 is 2.69 bits per heavy atom. The minimum absolute atomic E-state index is 0.700. The lowest BCUT2D eigenvalue weighted by atomic mass is 10.4. The first-order valence-corrected chi connectivity index (χ1v) is 7.16. The topological polar surface area (TPSA) is 56.7 Å². The van der Waals surface area contributed by atoms with Crippen LogP contribution in [0.15, 0.2) is 5.16 Å². The summed E-state index contributed by atoms with van der Waals surface area (Å²) in [6.07, 6.45) is 6.28. The molecule has 0 radical (unpaired) electrons. The first-order chi connectivity index (χ1) is 7.90. The van der Waals surface area contributed by atoms with E-state index in [4.69, 9.17) is 5.73 Å². The van der Waals surface area contributed by atoms with Crippen LogP contribution in [0.5, 0.6) is 0 Å². The van der Waals surface area contributed by atoms with Gasteiger partial charge in [-0.05, 0) is 38.6 Å². The molecule has 5 heteroatoms. The van der Waals surface area contributed by atoms with E-state index < -0.39 is 0 Å². The van der Waals surface area contributed by atoms with E-state index in [0.717, 1.165) is 23.9 Å². The van der Waals surface area contributed by atoms with Crippen LogP contribution in [0.4, 0.5) is 0 Å². The fourth-order valence-electron chi connectivity index (χ4n) is 1.93. The second-order valence-electron chi connectivity index (χ2n) is 4.71. The van der Waals surface area contributed by atoms with Crippen molar-refractivity contribution in [2.24, 2.45) is 5.73 Å². The van der Waals surface area contributed by atoms with Gasteiger partial charge in [0.05, 0.1) is 0 Å². The van der Waals surface area contributed by atoms with Gasteiger partial charge in [-0.15, -0.1) is 10.2 Å². The Kier molecular flexibility index (Phi) is 2.90. The first-order valence-electron chi connectivity index (χ1n) is 6.18. The van der Waals surface area contributed by atoms with E-state index in [2.05, 4.69) is 14.8 Å². The molecule has 0 unspecified atom stereocenters. The van der Waals surface area contributed by atoms with Gasteiger partial charge < -0.3 is 10.3 Å². The molecule has 0 amide bonds. The molecule has 1 aromatic rings. The standard InChI is InChI=1S/C11H18N4S/c12-6-1-7-16-11-14-13-10(8-2-3-8)15(11)9-4-5-9/h8-9H,1-7,12H2. The van der Waals surface area contributed by atoms with Crippen molar-refractivity contribution in [1.29, 1.82) is 0 Å². The van der Waals surface area contributed by atoms with Crippen molar-refractivity contribution in [2.45, 2.75) is 49.2 Å². The van der Waals surface area contributed by atoms with Gasteiger partial charge in [-0.1, -0.05) is 11.8 Å². The highest BCUT2D eigenvalue weighted by atomic mass is 32.2. The molecule has 16 heavy (non-hydrogen) atoms. The maximum Gasteiger partial charge on any atom is 0.191 e. The van der Waals surface area contributed by atoms with Crippen molar-refractivity contribution in [1.82, 2.24) is 14.8 Å². The van der Waals surface area contributed by atoms with Crippen LogP contribution < -0.4 is 5.73 Å². The third kappa shape index (κ3) is 2.11. The average molecular weight is 238 g/mol. The zero-order valence-corrected chi connectivity index (χ0v) is 10.2. The van der Waals surface area contributed by atoms with E-state index in [1.807, 2.05) is 11.8 Å². The fraction of sp³-hybridized carbons (Fsp3) is 0.818. The molecule has 2 saturated carbocycles. The maximum absolute atomic E-state index is 5.51. The van der Waals surface area contributed by atoms with Gasteiger partial charge in [-0.25, -0.2) is 0 Å². The van der Waals surface area contributed by atoms with Gasteiger partial charge >= 0.3 is 0 Å². The molecular weight excluding hydrogens is 220 g/mol. The summed E-state index contributed by atoms with van der Waals surface area (Å²) >= 11 is 1.82. The summed E-state index contributed by atoms with van der Waals surface area (Å²) in [4.78, 5) is 0. The molecule has 0 spiro atoms. The van der Waals surface area contributed by atoms with Gasteiger partial charge in [0, 0.05) is 17.7 Å². The molecule has 0 aromatic carbocycles. The summed E-state index contributed by atoms with van der Waals surface area (Å²) in [6.45, 7) is 0.764. The van der Waals surface area contributed by atoms with Crippen molar-refractivity contribution in [2.75, 3.05) is 12.3 Å². The third-order valence-electron chi connectivity index (χ3n) is 3.13. The number of rotatable bonds is 6. The highest BCUT2D eigenvalue weighted by Gasteiger charge is 2.36. The molecule has 2 N–H and O–H groups in total. The summed E-state index contributed by atoms with van der Waals surface area (Å²) in [7, 11) is 0. The Hall–Kier alpha value is -0.550. The number of hydrogen-bond donors (Lipinski definition) is 1. The van der Waals surface area contributed by atoms with Crippen molar-refractivity contribution in [3.8, 4) is 0 Å². The predicted molar refractivity (Wildman–Crippen MR) is 64.7 cm³/mol. The molecular formula is C11H18N4S. The van der Waals surface area contributed by atoms with E-state index in [-0.39, 0.29) is 0 Å². The molecule has 0 bridgehead atoms. The quantitative estimate of drug-likeness (QED) is 0.608. The molecule has 88 valence electrons. The summed E-state index contributed by atoms with van der Waals surface area (Å²) in [5.74, 6) is 3.01. The van der Waals surface area contributed by atoms with Crippen molar-refractivity contribution < 1.29 is 0 Å². The van der Waals surface area contributed by atoms with Crippen molar-refractivity contribution >= 4 is 11.8 Å². The summed E-state index contributed by atoms with van der Waals surface area (Å²) < 4.78 is 2.40. The second-order valence-corrected chi connectivity index (χ2v) is 5.77. The van der Waals surface area contributed by atoms with Crippen molar-refractivity contribution in [3.63, 3.8) is 0 Å². The van der Waals surface area contributed by atoms with Gasteiger partial charge in [0.2, 0.25) is 0 Å². The third-order valence-corrected chi connectivity index (χ3v) is 4.15. The largest absolute Gasteiger partial charge is 0.330 e. The van der Waals surface area contributed by atoms with E-state index in [1.165, 1.54) is 31.5 Å². The minimum atomic E-state index is 0.700. The zero-order chi connectivity index (χ0) is 11.0. The Morgan fingerprint density at radius 1 is 1.25 bits per heavy atom. The normalized spacial score (nSPS) is 20.3. The highest BCUT2D eigenvalue weighted by molar-refractivity contribution is 7.99. The molecule has 2 aliphatic carbocycles. The van der Waals surface area contributed by atoms with Crippen molar-refractivity contribution in [3.05, 3.63) is 5.82 Å². The van der Waals surface area contributed by atoms with E-state index in [1.54, 1.807) is 0 Å². The molecule has 3 rings (SSSR count). The molecule has 0 aliphatic heterocycles. The van der Waals surface area contributed by atoms with Crippen LogP contribution in [0.2, 0.25) is 0 Å². The van der Waals surface area contributed by atoms with E-state index in [9.17, 15) is 0 Å². The lowest BCUT2D eigenvalue weighted by Gasteiger charge is -2.07. The molecule has 1 heterocycles. The van der Waals surface area contributed by atoms with Gasteiger partial charge in [-0.2, -0.15) is 0 Å². The number of aromatic nitrogens is 3. The number of hydrogen-bond acceptors (Lipinski definition) is 4. The van der Waals surface area contributed by atoms with Crippen LogP contribution in [0.25, 0.3) is 0 Å². The van der Waals surface area contributed by atoms with Crippen LogP contribution in [0, 0.1) is 0 Å². The molecule has 0 atom stereocenters. The Labute approximate surface area is 100.0 Å². The highest BCUT2D eigenvalue weighted by Crippen LogP contribution is 2.45. The van der Waals surface area contributed by atoms with Gasteiger partial charge in [0.1, 0.15) is 5.82 Å². The van der Waals surface area contributed by atoms with Gasteiger partial charge in [-0.3, -0.25) is 0 Å². The average Bonchev–Trinajstić information content (AvgIpc) is 3.19. The van der Waals surface area contributed by atoms with Crippen LogP contribution >= 0.6 is 11.8 Å². The van der Waals surface area contributed by atoms with Crippen LogP contribution in [-0.2, 0) is 0 Å². The smallest absolute Gasteiger partial charge is 0.191 e. The van der Waals surface area contributed by atoms with E-state index in [0.29, 0.717) is 12.0 Å². The van der Waals surface area contributed by atoms with E-state index >= 15 is 0 Å². The SMILES string of the molecule is NCCCSc1nnc(C2CC2)n1C1CC1. The Balaban J connectivity index is 1.75. The maximum atomic E-state index is 5.51. The van der Waals surface area contributed by atoms with Crippen LogP contribution in [0.1, 0.15) is 49.9 Å². The second kappa shape index (κ2) is 4.37. The summed E-state index contributed by atoms with van der Waals surface area (Å²) in [6, 6.07) is 0.700. The lowest BCUT2D eigenvalue weighted by Crippen LogP contribution is -2.03. The lowest BCUT2D eigenvalue weighted by molar-refractivity contribution is 0.626. The first kappa shape index (κ1) is 10.6. The Morgan fingerprint density at radius 2 is 2.06 bits per heavy atom. The molecule has 1 aromatic heterocycles. The van der Waals surface area contributed by atoms with Crippen LogP contribution in [-0.4, -0.2) is 27.1 Å². The van der Waals surface area contributed by atoms with Gasteiger partial charge in [0.15, 0.2) is 5.16 Å². The monoisotopic (exact) mass is 238 g/mol. The summed E-state index contributed by atoms with van der Waals surface area (Å²) in [5, 5.41) is 9.85. The molecule has 0 saturated heterocycles. The number of nitrogens with zero attached hydrogens (tertiary/aromatic N) is 3. The number of thioether (sulfide) groups is 1. The minimum Gasteiger partial charge on any atom is -0.330 e. The molecule has 4 nitrogen and oxygen atoms in total. The van der Waals surface area contributed by atoms with Gasteiger partial charge in [0.25, 0.3) is 0 Å².